The Morgan fingerprint density at radius 3 is 2.81 bits per heavy atom. The Kier molecular flexibility index (Phi) is 2.00. The molecule has 0 aliphatic carbocycles. The molecular formula is C11H9N5. The van der Waals surface area contributed by atoms with Crippen LogP contribution in [0.4, 0.5) is 0 Å². The highest BCUT2D eigenvalue weighted by Crippen LogP contribution is 2.13. The second-order valence-electron chi connectivity index (χ2n) is 3.40. The van der Waals surface area contributed by atoms with Gasteiger partial charge in [0, 0.05) is 10.9 Å². The SMILES string of the molecule is C(=Nn1cnnc1)c1cc2ccccc2[nH]1. The Balaban J connectivity index is 1.95. The van der Waals surface area contributed by atoms with Crippen molar-refractivity contribution < 1.29 is 0 Å². The van der Waals surface area contributed by atoms with Crippen LogP contribution in [0.5, 0.6) is 0 Å². The molecule has 1 N–H and O–H groups in total. The van der Waals surface area contributed by atoms with Crippen LogP contribution in [0.2, 0.25) is 0 Å². The summed E-state index contributed by atoms with van der Waals surface area (Å²) in [5.41, 5.74) is 2.06. The minimum atomic E-state index is 0.954. The van der Waals surface area contributed by atoms with Crippen molar-refractivity contribution in [3.8, 4) is 0 Å². The van der Waals surface area contributed by atoms with Crippen LogP contribution in [-0.4, -0.2) is 26.1 Å². The Labute approximate surface area is 91.4 Å². The molecule has 3 rings (SSSR count). The highest BCUT2D eigenvalue weighted by molar-refractivity contribution is 5.89. The first-order chi connectivity index (χ1) is 7.92. The van der Waals surface area contributed by atoms with Crippen molar-refractivity contribution in [1.29, 1.82) is 0 Å². The molecule has 0 atom stereocenters. The number of para-hydroxylation sites is 1. The van der Waals surface area contributed by atoms with E-state index in [9.17, 15) is 0 Å². The standard InChI is InChI=1S/C11H9N5/c1-2-4-11-9(3-1)5-10(15-11)6-14-16-7-12-13-8-16/h1-8,15H. The molecule has 5 nitrogen and oxygen atoms in total. The van der Waals surface area contributed by atoms with Crippen molar-refractivity contribution in [3.05, 3.63) is 48.7 Å². The number of rotatable bonds is 2. The van der Waals surface area contributed by atoms with Crippen LogP contribution in [0.1, 0.15) is 5.69 Å². The largest absolute Gasteiger partial charge is 0.354 e. The molecule has 3 aromatic rings. The van der Waals surface area contributed by atoms with Gasteiger partial charge in [0.25, 0.3) is 0 Å². The third-order valence-corrected chi connectivity index (χ3v) is 2.29. The zero-order valence-corrected chi connectivity index (χ0v) is 8.41. The van der Waals surface area contributed by atoms with Crippen LogP contribution in [0.25, 0.3) is 10.9 Å². The minimum absolute atomic E-state index is 0.954. The van der Waals surface area contributed by atoms with Crippen LogP contribution in [0.15, 0.2) is 48.1 Å². The lowest BCUT2D eigenvalue weighted by atomic mass is 10.2. The van der Waals surface area contributed by atoms with Gasteiger partial charge in [-0.2, -0.15) is 5.10 Å². The molecule has 0 amide bonds. The first kappa shape index (κ1) is 8.84. The van der Waals surface area contributed by atoms with E-state index in [4.69, 9.17) is 0 Å². The van der Waals surface area contributed by atoms with Crippen molar-refractivity contribution >= 4 is 17.1 Å². The van der Waals surface area contributed by atoms with Crippen molar-refractivity contribution in [2.75, 3.05) is 0 Å². The summed E-state index contributed by atoms with van der Waals surface area (Å²) < 4.78 is 1.55. The molecule has 0 spiro atoms. The number of aromatic nitrogens is 4. The molecule has 5 heteroatoms. The van der Waals surface area contributed by atoms with Crippen LogP contribution in [0.3, 0.4) is 0 Å². The predicted molar refractivity (Wildman–Crippen MR) is 61.3 cm³/mol. The molecule has 0 saturated carbocycles. The second kappa shape index (κ2) is 3.62. The van der Waals surface area contributed by atoms with E-state index < -0.39 is 0 Å². The van der Waals surface area contributed by atoms with Crippen LogP contribution < -0.4 is 0 Å². The van der Waals surface area contributed by atoms with Gasteiger partial charge in [-0.1, -0.05) is 18.2 Å². The van der Waals surface area contributed by atoms with Gasteiger partial charge in [-0.15, -0.1) is 10.2 Å². The average Bonchev–Trinajstić information content (AvgIpc) is 2.95. The van der Waals surface area contributed by atoms with E-state index in [1.165, 1.54) is 5.39 Å². The van der Waals surface area contributed by atoms with E-state index in [1.54, 1.807) is 23.5 Å². The summed E-state index contributed by atoms with van der Waals surface area (Å²) in [6, 6.07) is 10.1. The molecule has 0 aliphatic heterocycles. The van der Waals surface area contributed by atoms with Crippen molar-refractivity contribution in [3.63, 3.8) is 0 Å². The van der Waals surface area contributed by atoms with E-state index in [1.807, 2.05) is 24.3 Å². The fourth-order valence-electron chi connectivity index (χ4n) is 1.55. The summed E-state index contributed by atoms with van der Waals surface area (Å²) >= 11 is 0. The lowest BCUT2D eigenvalue weighted by molar-refractivity contribution is 0.877. The number of H-pyrrole nitrogens is 1. The molecule has 0 radical (unpaired) electrons. The highest BCUT2D eigenvalue weighted by atomic mass is 15.4. The number of hydrogen-bond acceptors (Lipinski definition) is 3. The molecular weight excluding hydrogens is 202 g/mol. The van der Waals surface area contributed by atoms with Gasteiger partial charge in [0.1, 0.15) is 12.7 Å². The Bertz CT molecular complexity index is 588. The number of nitrogens with one attached hydrogen (secondary N) is 1. The third kappa shape index (κ3) is 1.58. The maximum Gasteiger partial charge on any atom is 0.141 e. The molecule has 16 heavy (non-hydrogen) atoms. The maximum atomic E-state index is 4.17. The fourth-order valence-corrected chi connectivity index (χ4v) is 1.55. The van der Waals surface area contributed by atoms with Crippen LogP contribution >= 0.6 is 0 Å². The smallest absolute Gasteiger partial charge is 0.141 e. The van der Waals surface area contributed by atoms with E-state index in [2.05, 4.69) is 26.3 Å². The molecule has 1 aromatic carbocycles. The molecule has 78 valence electrons. The molecule has 0 saturated heterocycles. The van der Waals surface area contributed by atoms with Gasteiger partial charge < -0.3 is 4.98 Å². The topological polar surface area (TPSA) is 58.9 Å². The molecule has 2 heterocycles. The number of nitrogens with zero attached hydrogens (tertiary/aromatic N) is 4. The van der Waals surface area contributed by atoms with Crippen molar-refractivity contribution in [2.24, 2.45) is 5.10 Å². The van der Waals surface area contributed by atoms with Gasteiger partial charge in [-0.3, -0.25) is 0 Å². The summed E-state index contributed by atoms with van der Waals surface area (Å²) in [7, 11) is 0. The van der Waals surface area contributed by atoms with E-state index >= 15 is 0 Å². The zero-order chi connectivity index (χ0) is 10.8. The Hall–Kier alpha value is -2.43. The van der Waals surface area contributed by atoms with Crippen molar-refractivity contribution in [2.45, 2.75) is 0 Å². The van der Waals surface area contributed by atoms with E-state index in [-0.39, 0.29) is 0 Å². The van der Waals surface area contributed by atoms with Gasteiger partial charge in [0.15, 0.2) is 0 Å². The molecule has 0 aliphatic rings. The van der Waals surface area contributed by atoms with Gasteiger partial charge in [-0.05, 0) is 12.1 Å². The summed E-state index contributed by atoms with van der Waals surface area (Å²) in [5.74, 6) is 0. The first-order valence-electron chi connectivity index (χ1n) is 4.88. The van der Waals surface area contributed by atoms with Crippen LogP contribution in [-0.2, 0) is 0 Å². The van der Waals surface area contributed by atoms with Gasteiger partial charge >= 0.3 is 0 Å². The first-order valence-corrected chi connectivity index (χ1v) is 4.88. The van der Waals surface area contributed by atoms with Gasteiger partial charge in [-0.25, -0.2) is 4.68 Å². The third-order valence-electron chi connectivity index (χ3n) is 2.29. The number of hydrogen-bond donors (Lipinski definition) is 1. The van der Waals surface area contributed by atoms with Gasteiger partial charge in [0.05, 0.1) is 11.9 Å². The fraction of sp³-hybridized carbons (Fsp3) is 0. The summed E-state index contributed by atoms with van der Waals surface area (Å²) in [6.45, 7) is 0. The van der Waals surface area contributed by atoms with E-state index in [0.29, 0.717) is 0 Å². The lowest BCUT2D eigenvalue weighted by Crippen LogP contribution is -1.86. The number of benzene rings is 1. The second-order valence-corrected chi connectivity index (χ2v) is 3.40. The zero-order valence-electron chi connectivity index (χ0n) is 8.41. The normalized spacial score (nSPS) is 11.5. The molecule has 0 fully saturated rings. The predicted octanol–water partition coefficient (Wildman–Crippen LogP) is 1.64. The minimum Gasteiger partial charge on any atom is -0.354 e. The Morgan fingerprint density at radius 1 is 1.19 bits per heavy atom. The average molecular weight is 211 g/mol. The monoisotopic (exact) mass is 211 g/mol. The molecule has 0 unspecified atom stereocenters. The summed E-state index contributed by atoms with van der Waals surface area (Å²) in [6.07, 6.45) is 4.82. The quantitative estimate of drug-likeness (QED) is 0.655. The summed E-state index contributed by atoms with van der Waals surface area (Å²) in [5, 5.41) is 12.7. The molecule has 0 bridgehead atoms. The maximum absolute atomic E-state index is 4.17. The molecule has 2 aromatic heterocycles. The highest BCUT2D eigenvalue weighted by Gasteiger charge is 1.96. The van der Waals surface area contributed by atoms with E-state index in [0.717, 1.165) is 11.2 Å². The Morgan fingerprint density at radius 2 is 2.00 bits per heavy atom. The van der Waals surface area contributed by atoms with Crippen molar-refractivity contribution in [1.82, 2.24) is 19.9 Å². The number of fused-ring (bicyclic) bond motifs is 1. The number of aromatic amines is 1. The lowest BCUT2D eigenvalue weighted by Gasteiger charge is -1.87. The summed E-state index contributed by atoms with van der Waals surface area (Å²) in [4.78, 5) is 3.25. The van der Waals surface area contributed by atoms with Gasteiger partial charge in [0.2, 0.25) is 0 Å². The van der Waals surface area contributed by atoms with Crippen LogP contribution in [0, 0.1) is 0 Å².